The van der Waals surface area contributed by atoms with E-state index in [1.807, 2.05) is 0 Å². The van der Waals surface area contributed by atoms with Gasteiger partial charge in [-0.05, 0) is 19.9 Å². The van der Waals surface area contributed by atoms with Crippen LogP contribution in [-0.2, 0) is 14.3 Å². The summed E-state index contributed by atoms with van der Waals surface area (Å²) in [6.45, 7) is 4.30. The average Bonchev–Trinajstić information content (AvgIpc) is 2.01. The fraction of sp³-hybridized carbons (Fsp3) is 0.333. The number of carbonyl (C=O) groups is 2. The van der Waals surface area contributed by atoms with Gasteiger partial charge in [0.05, 0.1) is 5.57 Å². The maximum Gasteiger partial charge on any atom is 0.335 e. The number of hydrogen-bond acceptors (Lipinski definition) is 3. The van der Waals surface area contributed by atoms with E-state index >= 15 is 0 Å². The molecule has 72 valence electrons. The number of hydrogen-bond donors (Lipinski definition) is 1. The molecule has 0 aromatic rings. The van der Waals surface area contributed by atoms with E-state index in [2.05, 4.69) is 4.74 Å². The molecule has 0 spiro atoms. The molecule has 0 aromatic heterocycles. The molecule has 0 aliphatic carbocycles. The van der Waals surface area contributed by atoms with E-state index in [4.69, 9.17) is 5.11 Å². The van der Waals surface area contributed by atoms with Gasteiger partial charge in [0.1, 0.15) is 5.76 Å². The molecule has 0 saturated heterocycles. The molecular formula is C9H12O4. The molecule has 0 heterocycles. The van der Waals surface area contributed by atoms with Crippen LogP contribution < -0.4 is 0 Å². The molecule has 0 aliphatic heterocycles. The van der Waals surface area contributed by atoms with Crippen LogP contribution >= 0.6 is 0 Å². The van der Waals surface area contributed by atoms with Crippen molar-refractivity contribution in [3.05, 3.63) is 23.5 Å². The molecule has 0 radical (unpaired) electrons. The van der Waals surface area contributed by atoms with Crippen molar-refractivity contribution >= 4 is 11.9 Å². The zero-order valence-corrected chi connectivity index (χ0v) is 7.83. The zero-order chi connectivity index (χ0) is 10.4. The predicted octanol–water partition coefficient (Wildman–Crippen LogP) is 1.48. The number of esters is 1. The van der Waals surface area contributed by atoms with Crippen LogP contribution in [0.1, 0.15) is 20.8 Å². The maximum absolute atomic E-state index is 10.6. The molecule has 1 N–H and O–H groups in total. The Balaban J connectivity index is 4.87. The van der Waals surface area contributed by atoms with Crippen LogP contribution in [0.15, 0.2) is 23.5 Å². The minimum atomic E-state index is -1.10. The molecule has 0 aliphatic rings. The Morgan fingerprint density at radius 3 is 2.15 bits per heavy atom. The molecular weight excluding hydrogens is 172 g/mol. The molecule has 0 atom stereocenters. The molecule has 0 bridgehead atoms. The lowest BCUT2D eigenvalue weighted by Crippen LogP contribution is -2.05. The van der Waals surface area contributed by atoms with E-state index in [1.165, 1.54) is 19.9 Å². The van der Waals surface area contributed by atoms with Crippen LogP contribution in [0.2, 0.25) is 0 Å². The number of ether oxygens (including phenoxy) is 1. The first-order valence-corrected chi connectivity index (χ1v) is 3.74. The molecule has 4 heteroatoms. The largest absolute Gasteiger partial charge is 0.478 e. The molecule has 0 unspecified atom stereocenters. The lowest BCUT2D eigenvalue weighted by atomic mass is 10.2. The summed E-state index contributed by atoms with van der Waals surface area (Å²) in [6, 6.07) is 0. The summed E-state index contributed by atoms with van der Waals surface area (Å²) in [6.07, 6.45) is 3.04. The molecule has 0 saturated carbocycles. The van der Waals surface area contributed by atoms with E-state index in [-0.39, 0.29) is 11.3 Å². The van der Waals surface area contributed by atoms with Gasteiger partial charge in [0, 0.05) is 6.92 Å². The Bertz CT molecular complexity index is 273. The van der Waals surface area contributed by atoms with Crippen molar-refractivity contribution in [2.24, 2.45) is 0 Å². The summed E-state index contributed by atoms with van der Waals surface area (Å²) < 4.78 is 4.69. The highest BCUT2D eigenvalue weighted by molar-refractivity contribution is 5.87. The zero-order valence-electron chi connectivity index (χ0n) is 7.83. The van der Waals surface area contributed by atoms with E-state index in [1.54, 1.807) is 13.0 Å². The van der Waals surface area contributed by atoms with E-state index in [0.717, 1.165) is 0 Å². The van der Waals surface area contributed by atoms with Gasteiger partial charge in [0.2, 0.25) is 0 Å². The smallest absolute Gasteiger partial charge is 0.335 e. The van der Waals surface area contributed by atoms with Crippen molar-refractivity contribution in [2.75, 3.05) is 0 Å². The van der Waals surface area contributed by atoms with Gasteiger partial charge in [0.15, 0.2) is 0 Å². The lowest BCUT2D eigenvalue weighted by molar-refractivity contribution is -0.136. The van der Waals surface area contributed by atoms with Crippen molar-refractivity contribution in [2.45, 2.75) is 20.8 Å². The Labute approximate surface area is 76.5 Å². The number of carboxylic acid groups (broad SMARTS) is 1. The molecule has 0 aromatic carbocycles. The number of carboxylic acids is 1. The van der Waals surface area contributed by atoms with Crippen LogP contribution in [0.25, 0.3) is 0 Å². The Morgan fingerprint density at radius 2 is 1.85 bits per heavy atom. The van der Waals surface area contributed by atoms with E-state index in [9.17, 15) is 9.59 Å². The second-order valence-corrected chi connectivity index (χ2v) is 2.39. The Morgan fingerprint density at radius 1 is 1.31 bits per heavy atom. The fourth-order valence-corrected chi connectivity index (χ4v) is 0.647. The number of carbonyl (C=O) groups excluding carboxylic acids is 1. The summed E-state index contributed by atoms with van der Waals surface area (Å²) in [5.41, 5.74) is 0.00769. The molecule has 13 heavy (non-hydrogen) atoms. The molecule has 0 rings (SSSR count). The summed E-state index contributed by atoms with van der Waals surface area (Å²) >= 11 is 0. The first-order valence-electron chi connectivity index (χ1n) is 3.74. The van der Waals surface area contributed by atoms with Crippen molar-refractivity contribution < 1.29 is 19.4 Å². The normalized spacial score (nSPS) is 12.5. The highest BCUT2D eigenvalue weighted by atomic mass is 16.5. The minimum Gasteiger partial charge on any atom is -0.478 e. The predicted molar refractivity (Wildman–Crippen MR) is 46.9 cm³/mol. The van der Waals surface area contributed by atoms with Gasteiger partial charge in [-0.1, -0.05) is 6.08 Å². The first-order chi connectivity index (χ1) is 5.99. The SMILES string of the molecule is CC=CC(OC(C)=O)=C(C)C(=O)O. The topological polar surface area (TPSA) is 63.6 Å². The minimum absolute atomic E-state index is 0.00769. The Hall–Kier alpha value is -1.58. The fourth-order valence-electron chi connectivity index (χ4n) is 0.647. The maximum atomic E-state index is 10.6. The van der Waals surface area contributed by atoms with E-state index < -0.39 is 11.9 Å². The van der Waals surface area contributed by atoms with Crippen LogP contribution in [0.4, 0.5) is 0 Å². The van der Waals surface area contributed by atoms with Crippen molar-refractivity contribution in [3.8, 4) is 0 Å². The monoisotopic (exact) mass is 184 g/mol. The standard InChI is InChI=1S/C9H12O4/c1-4-5-8(13-7(3)10)6(2)9(11)12/h4-5H,1-3H3,(H,11,12). The first kappa shape index (κ1) is 11.4. The van der Waals surface area contributed by atoms with Crippen molar-refractivity contribution in [1.82, 2.24) is 0 Å². The van der Waals surface area contributed by atoms with Gasteiger partial charge in [-0.3, -0.25) is 4.79 Å². The van der Waals surface area contributed by atoms with E-state index in [0.29, 0.717) is 0 Å². The summed E-state index contributed by atoms with van der Waals surface area (Å²) in [7, 11) is 0. The van der Waals surface area contributed by atoms with Crippen molar-refractivity contribution in [3.63, 3.8) is 0 Å². The quantitative estimate of drug-likeness (QED) is 0.312. The van der Waals surface area contributed by atoms with Crippen LogP contribution in [-0.4, -0.2) is 17.0 Å². The number of allylic oxidation sites excluding steroid dienone is 2. The van der Waals surface area contributed by atoms with Crippen LogP contribution in [0.3, 0.4) is 0 Å². The van der Waals surface area contributed by atoms with Gasteiger partial charge in [-0.25, -0.2) is 4.79 Å². The summed E-state index contributed by atoms with van der Waals surface area (Å²) in [4.78, 5) is 21.1. The summed E-state index contributed by atoms with van der Waals surface area (Å²) in [5, 5.41) is 8.61. The number of aliphatic carboxylic acids is 1. The van der Waals surface area contributed by atoms with Gasteiger partial charge in [0.25, 0.3) is 0 Å². The highest BCUT2D eigenvalue weighted by Gasteiger charge is 2.09. The van der Waals surface area contributed by atoms with Gasteiger partial charge in [-0.15, -0.1) is 0 Å². The lowest BCUT2D eigenvalue weighted by Gasteiger charge is -2.03. The van der Waals surface area contributed by atoms with Gasteiger partial charge < -0.3 is 9.84 Å². The third-order valence-electron chi connectivity index (χ3n) is 1.26. The average molecular weight is 184 g/mol. The van der Waals surface area contributed by atoms with Gasteiger partial charge >= 0.3 is 11.9 Å². The second-order valence-electron chi connectivity index (χ2n) is 2.39. The number of rotatable bonds is 3. The van der Waals surface area contributed by atoms with Crippen LogP contribution in [0.5, 0.6) is 0 Å². The van der Waals surface area contributed by atoms with Gasteiger partial charge in [-0.2, -0.15) is 0 Å². The Kier molecular flexibility index (Phi) is 4.51. The van der Waals surface area contributed by atoms with Crippen LogP contribution in [0, 0.1) is 0 Å². The third-order valence-corrected chi connectivity index (χ3v) is 1.26. The molecule has 4 nitrogen and oxygen atoms in total. The summed E-state index contributed by atoms with van der Waals surface area (Å²) in [5.74, 6) is -1.56. The second kappa shape index (κ2) is 5.13. The third kappa shape index (κ3) is 4.10. The highest BCUT2D eigenvalue weighted by Crippen LogP contribution is 2.08. The molecule has 0 amide bonds. The molecule has 0 fully saturated rings. The van der Waals surface area contributed by atoms with Crippen molar-refractivity contribution in [1.29, 1.82) is 0 Å².